The van der Waals surface area contributed by atoms with Gasteiger partial charge in [-0.15, -0.1) is 0 Å². The summed E-state index contributed by atoms with van der Waals surface area (Å²) in [5.74, 6) is 0.760. The summed E-state index contributed by atoms with van der Waals surface area (Å²) < 4.78 is 0. The highest BCUT2D eigenvalue weighted by Crippen LogP contribution is 2.33. The van der Waals surface area contributed by atoms with Gasteiger partial charge in [-0.05, 0) is 35.6 Å². The van der Waals surface area contributed by atoms with Crippen LogP contribution in [0.25, 0.3) is 55.6 Å². The van der Waals surface area contributed by atoms with Crippen LogP contribution in [0.1, 0.15) is 5.69 Å². The molecule has 148 valence electrons. The van der Waals surface area contributed by atoms with Gasteiger partial charge >= 0.3 is 0 Å². The van der Waals surface area contributed by atoms with Crippen molar-refractivity contribution >= 4 is 21.7 Å². The molecular weight excluding hydrogens is 382 g/mol. The molecule has 0 atom stereocenters. The Labute approximate surface area is 178 Å². The lowest BCUT2D eigenvalue weighted by molar-refractivity contribution is 1.10. The summed E-state index contributed by atoms with van der Waals surface area (Å²) in [6.07, 6.45) is 3.82. The summed E-state index contributed by atoms with van der Waals surface area (Å²) in [5.41, 5.74) is 7.07. The highest BCUT2D eigenvalue weighted by molar-refractivity contribution is 6.00. The fraction of sp³-hybridized carbons (Fsp3) is 0.0385. The summed E-state index contributed by atoms with van der Waals surface area (Å²) in [4.78, 5) is 12.7. The van der Waals surface area contributed by atoms with E-state index in [-0.39, 0.29) is 0 Å². The van der Waals surface area contributed by atoms with Crippen molar-refractivity contribution in [3.8, 4) is 33.9 Å². The van der Waals surface area contributed by atoms with Crippen molar-refractivity contribution in [3.05, 3.63) is 90.9 Å². The minimum atomic E-state index is 0.760. The van der Waals surface area contributed by atoms with E-state index < -0.39 is 0 Å². The average molecular weight is 401 g/mol. The molecule has 31 heavy (non-hydrogen) atoms. The quantitative estimate of drug-likeness (QED) is 0.374. The summed E-state index contributed by atoms with van der Waals surface area (Å²) in [5, 5.41) is 11.1. The number of aromatic nitrogens is 5. The van der Waals surface area contributed by atoms with E-state index in [1.807, 2.05) is 43.6 Å². The first-order valence-corrected chi connectivity index (χ1v) is 10.2. The monoisotopic (exact) mass is 401 g/mol. The molecule has 0 saturated carbocycles. The van der Waals surface area contributed by atoms with E-state index in [1.165, 1.54) is 5.39 Å². The van der Waals surface area contributed by atoms with Crippen molar-refractivity contribution in [1.29, 1.82) is 0 Å². The Morgan fingerprint density at radius 2 is 1.61 bits per heavy atom. The minimum absolute atomic E-state index is 0.760. The molecule has 6 aromatic rings. The molecule has 2 N–H and O–H groups in total. The van der Waals surface area contributed by atoms with E-state index in [0.717, 1.165) is 55.9 Å². The van der Waals surface area contributed by atoms with Gasteiger partial charge < -0.3 is 4.98 Å². The molecule has 0 aliphatic carbocycles. The molecule has 0 saturated heterocycles. The first-order chi connectivity index (χ1) is 15.3. The predicted octanol–water partition coefficient (Wildman–Crippen LogP) is 6.14. The number of imidazole rings is 1. The van der Waals surface area contributed by atoms with Crippen LogP contribution in [0.5, 0.6) is 0 Å². The van der Waals surface area contributed by atoms with Gasteiger partial charge in [0.2, 0.25) is 0 Å². The number of benzene rings is 3. The van der Waals surface area contributed by atoms with Crippen molar-refractivity contribution in [2.45, 2.75) is 6.92 Å². The van der Waals surface area contributed by atoms with Crippen LogP contribution in [-0.2, 0) is 0 Å². The fourth-order valence-corrected chi connectivity index (χ4v) is 4.17. The number of aromatic amines is 2. The first-order valence-electron chi connectivity index (χ1n) is 10.2. The van der Waals surface area contributed by atoms with Crippen LogP contribution in [0.4, 0.5) is 0 Å². The van der Waals surface area contributed by atoms with Crippen molar-refractivity contribution in [2.24, 2.45) is 0 Å². The first kappa shape index (κ1) is 17.6. The molecule has 0 fully saturated rings. The Morgan fingerprint density at radius 3 is 2.52 bits per heavy atom. The standard InChI is InChI=1S/C26H19N5/c1-16-24(17-7-3-2-4-8-17)29-26(28-16)25-21-13-18(11-12-23(21)30-31-25)22-15-27-14-19-9-5-6-10-20(19)22/h2-15H,1H3,(H,28,29)(H,30,31). The largest absolute Gasteiger partial charge is 0.336 e. The van der Waals surface area contributed by atoms with Crippen LogP contribution in [0, 0.1) is 6.92 Å². The predicted molar refractivity (Wildman–Crippen MR) is 125 cm³/mol. The van der Waals surface area contributed by atoms with Gasteiger partial charge in [0.05, 0.1) is 16.9 Å². The van der Waals surface area contributed by atoms with Gasteiger partial charge in [0.15, 0.2) is 5.82 Å². The van der Waals surface area contributed by atoms with Gasteiger partial charge in [-0.3, -0.25) is 10.1 Å². The summed E-state index contributed by atoms with van der Waals surface area (Å²) in [6.45, 7) is 2.02. The second-order valence-electron chi connectivity index (χ2n) is 7.65. The minimum Gasteiger partial charge on any atom is -0.336 e. The molecule has 5 heteroatoms. The smallest absolute Gasteiger partial charge is 0.159 e. The highest BCUT2D eigenvalue weighted by atomic mass is 15.1. The van der Waals surface area contributed by atoms with Crippen molar-refractivity contribution in [3.63, 3.8) is 0 Å². The summed E-state index contributed by atoms with van der Waals surface area (Å²) >= 11 is 0. The molecule has 0 aliphatic heterocycles. The molecule has 0 unspecified atom stereocenters. The second kappa shape index (κ2) is 6.92. The molecule has 3 aromatic carbocycles. The van der Waals surface area contributed by atoms with Gasteiger partial charge in [-0.2, -0.15) is 5.10 Å². The number of nitrogens with one attached hydrogen (secondary N) is 2. The van der Waals surface area contributed by atoms with E-state index in [0.29, 0.717) is 0 Å². The van der Waals surface area contributed by atoms with E-state index in [1.54, 1.807) is 0 Å². The van der Waals surface area contributed by atoms with Crippen LogP contribution in [0.15, 0.2) is 85.2 Å². The zero-order valence-electron chi connectivity index (χ0n) is 16.9. The van der Waals surface area contributed by atoms with Gasteiger partial charge in [-0.1, -0.05) is 60.7 Å². The van der Waals surface area contributed by atoms with E-state index in [4.69, 9.17) is 4.98 Å². The number of aryl methyl sites for hydroxylation is 1. The third-order valence-electron chi connectivity index (χ3n) is 5.71. The van der Waals surface area contributed by atoms with Gasteiger partial charge in [0.1, 0.15) is 5.69 Å². The van der Waals surface area contributed by atoms with E-state index >= 15 is 0 Å². The lowest BCUT2D eigenvalue weighted by Gasteiger charge is -2.06. The number of nitrogens with zero attached hydrogens (tertiary/aromatic N) is 3. The molecule has 0 bridgehead atoms. The van der Waals surface area contributed by atoms with Crippen LogP contribution in [0.2, 0.25) is 0 Å². The maximum absolute atomic E-state index is 4.78. The normalized spacial score (nSPS) is 11.4. The number of fused-ring (bicyclic) bond motifs is 2. The fourth-order valence-electron chi connectivity index (χ4n) is 4.17. The topological polar surface area (TPSA) is 70.2 Å². The Morgan fingerprint density at radius 1 is 0.774 bits per heavy atom. The number of hydrogen-bond acceptors (Lipinski definition) is 3. The number of rotatable bonds is 3. The molecule has 0 spiro atoms. The number of pyridine rings is 1. The van der Waals surface area contributed by atoms with Gasteiger partial charge in [0, 0.05) is 28.7 Å². The summed E-state index contributed by atoms with van der Waals surface area (Å²) in [7, 11) is 0. The maximum atomic E-state index is 4.78. The zero-order valence-corrected chi connectivity index (χ0v) is 16.9. The summed E-state index contributed by atoms with van der Waals surface area (Å²) in [6, 6.07) is 24.9. The van der Waals surface area contributed by atoms with E-state index in [9.17, 15) is 0 Å². The van der Waals surface area contributed by atoms with Gasteiger partial charge in [0.25, 0.3) is 0 Å². The van der Waals surface area contributed by atoms with Crippen LogP contribution < -0.4 is 0 Å². The highest BCUT2D eigenvalue weighted by Gasteiger charge is 2.16. The maximum Gasteiger partial charge on any atom is 0.159 e. The Balaban J connectivity index is 1.51. The molecule has 0 aliphatic rings. The molecule has 0 radical (unpaired) electrons. The Hall–Kier alpha value is -4.25. The van der Waals surface area contributed by atoms with Crippen LogP contribution in [-0.4, -0.2) is 25.1 Å². The third kappa shape index (κ3) is 2.90. The molecule has 6 rings (SSSR count). The Bertz CT molecular complexity index is 1540. The lowest BCUT2D eigenvalue weighted by Crippen LogP contribution is -1.85. The number of H-pyrrole nitrogens is 2. The van der Waals surface area contributed by atoms with Crippen LogP contribution in [0.3, 0.4) is 0 Å². The van der Waals surface area contributed by atoms with Crippen molar-refractivity contribution in [2.75, 3.05) is 0 Å². The Kier molecular flexibility index (Phi) is 3.93. The molecule has 0 amide bonds. The molecule has 3 aromatic heterocycles. The van der Waals surface area contributed by atoms with Crippen molar-refractivity contribution < 1.29 is 0 Å². The molecular formula is C26H19N5. The zero-order chi connectivity index (χ0) is 20.8. The molecule has 5 nitrogen and oxygen atoms in total. The van der Waals surface area contributed by atoms with Crippen molar-refractivity contribution in [1.82, 2.24) is 25.1 Å². The lowest BCUT2D eigenvalue weighted by atomic mass is 9.99. The van der Waals surface area contributed by atoms with E-state index in [2.05, 4.69) is 68.7 Å². The molecule has 3 heterocycles. The van der Waals surface area contributed by atoms with Crippen LogP contribution >= 0.6 is 0 Å². The SMILES string of the molecule is Cc1nc(-c2n[nH]c3ccc(-c4cncc5ccccc45)cc23)[nH]c1-c1ccccc1. The third-order valence-corrected chi connectivity index (χ3v) is 5.71. The number of hydrogen-bond donors (Lipinski definition) is 2. The second-order valence-corrected chi connectivity index (χ2v) is 7.65. The van der Waals surface area contributed by atoms with Gasteiger partial charge in [-0.25, -0.2) is 4.98 Å². The average Bonchev–Trinajstić information content (AvgIpc) is 3.42.